The van der Waals surface area contributed by atoms with Crippen LogP contribution in [0.1, 0.15) is 20.3 Å². The van der Waals surface area contributed by atoms with E-state index in [1.807, 2.05) is 0 Å². The summed E-state index contributed by atoms with van der Waals surface area (Å²) in [5.74, 6) is -1.63. The standard InChI is InChI=1S/C11H5Br3N2O3S/c12-4-1-5(13)8(6(14)2-4)16-9(17)10-15-7(3-20-10)11(18)19/h1-3H,(H,16,17)(H,18,19). The van der Waals surface area contributed by atoms with Crippen molar-refractivity contribution in [2.75, 3.05) is 5.32 Å². The molecule has 1 amide bonds. The third-order valence-corrected chi connectivity index (χ3v) is 4.71. The number of aromatic carboxylic acids is 1. The second-order valence-electron chi connectivity index (χ2n) is 3.54. The predicted molar refractivity (Wildman–Crippen MR) is 86.6 cm³/mol. The highest BCUT2D eigenvalue weighted by molar-refractivity contribution is 9.11. The molecule has 0 radical (unpaired) electrons. The van der Waals surface area contributed by atoms with Gasteiger partial charge in [-0.3, -0.25) is 4.79 Å². The van der Waals surface area contributed by atoms with Crippen molar-refractivity contribution in [1.29, 1.82) is 0 Å². The van der Waals surface area contributed by atoms with E-state index in [2.05, 4.69) is 58.1 Å². The Kier molecular flexibility index (Phi) is 4.95. The van der Waals surface area contributed by atoms with E-state index in [1.165, 1.54) is 5.38 Å². The van der Waals surface area contributed by atoms with Gasteiger partial charge in [-0.05, 0) is 44.0 Å². The van der Waals surface area contributed by atoms with Crippen molar-refractivity contribution in [1.82, 2.24) is 4.98 Å². The normalized spacial score (nSPS) is 10.3. The molecule has 104 valence electrons. The number of nitrogens with one attached hydrogen (secondary N) is 1. The van der Waals surface area contributed by atoms with Gasteiger partial charge in [0.2, 0.25) is 0 Å². The molecule has 0 spiro atoms. The summed E-state index contributed by atoms with van der Waals surface area (Å²) in [7, 11) is 0. The lowest BCUT2D eigenvalue weighted by atomic mass is 10.3. The number of carbonyl (C=O) groups excluding carboxylic acids is 1. The maximum atomic E-state index is 12.0. The van der Waals surface area contributed by atoms with E-state index < -0.39 is 11.9 Å². The van der Waals surface area contributed by atoms with Gasteiger partial charge in [0, 0.05) is 18.8 Å². The Balaban J connectivity index is 2.25. The van der Waals surface area contributed by atoms with Gasteiger partial charge in [-0.25, -0.2) is 9.78 Å². The van der Waals surface area contributed by atoms with Gasteiger partial charge < -0.3 is 10.4 Å². The van der Waals surface area contributed by atoms with Gasteiger partial charge in [0.05, 0.1) is 5.69 Å². The highest BCUT2D eigenvalue weighted by Gasteiger charge is 2.17. The first-order chi connectivity index (χ1) is 9.38. The summed E-state index contributed by atoms with van der Waals surface area (Å²) in [5.41, 5.74) is 0.402. The van der Waals surface area contributed by atoms with Gasteiger partial charge in [-0.2, -0.15) is 0 Å². The number of halogens is 3. The van der Waals surface area contributed by atoms with E-state index >= 15 is 0 Å². The monoisotopic (exact) mass is 482 g/mol. The average Bonchev–Trinajstić information content (AvgIpc) is 2.83. The number of nitrogens with zero attached hydrogens (tertiary/aromatic N) is 1. The number of anilines is 1. The van der Waals surface area contributed by atoms with Gasteiger partial charge >= 0.3 is 5.97 Å². The molecule has 1 aromatic heterocycles. The first-order valence-corrected chi connectivity index (χ1v) is 8.29. The number of carboxylic acid groups (broad SMARTS) is 1. The van der Waals surface area contributed by atoms with E-state index in [9.17, 15) is 9.59 Å². The number of aromatic nitrogens is 1. The van der Waals surface area contributed by atoms with Crippen LogP contribution in [-0.2, 0) is 0 Å². The van der Waals surface area contributed by atoms with Crippen LogP contribution in [0.5, 0.6) is 0 Å². The van der Waals surface area contributed by atoms with E-state index in [0.29, 0.717) is 14.6 Å². The Morgan fingerprint density at radius 2 is 1.80 bits per heavy atom. The van der Waals surface area contributed by atoms with Crippen LogP contribution in [0.25, 0.3) is 0 Å². The van der Waals surface area contributed by atoms with E-state index in [4.69, 9.17) is 5.11 Å². The molecular formula is C11H5Br3N2O3S. The molecule has 0 aliphatic rings. The lowest BCUT2D eigenvalue weighted by Crippen LogP contribution is -2.13. The van der Waals surface area contributed by atoms with Crippen LogP contribution in [0.15, 0.2) is 30.9 Å². The molecule has 20 heavy (non-hydrogen) atoms. The number of amides is 1. The molecule has 0 saturated heterocycles. The molecule has 0 bridgehead atoms. The predicted octanol–water partition coefficient (Wildman–Crippen LogP) is 4.38. The van der Waals surface area contributed by atoms with Crippen LogP contribution in [0.4, 0.5) is 5.69 Å². The fraction of sp³-hybridized carbons (Fsp3) is 0. The zero-order chi connectivity index (χ0) is 14.9. The largest absolute Gasteiger partial charge is 0.476 e. The minimum Gasteiger partial charge on any atom is -0.476 e. The van der Waals surface area contributed by atoms with Crippen LogP contribution < -0.4 is 5.32 Å². The number of hydrogen-bond donors (Lipinski definition) is 2. The van der Waals surface area contributed by atoms with Gasteiger partial charge in [0.25, 0.3) is 5.91 Å². The van der Waals surface area contributed by atoms with E-state index in [-0.39, 0.29) is 10.7 Å². The number of carbonyl (C=O) groups is 2. The number of thiazole rings is 1. The molecular weight excluding hydrogens is 480 g/mol. The topological polar surface area (TPSA) is 79.3 Å². The smallest absolute Gasteiger partial charge is 0.355 e. The number of benzene rings is 1. The maximum absolute atomic E-state index is 12.0. The van der Waals surface area contributed by atoms with Crippen LogP contribution in [-0.4, -0.2) is 22.0 Å². The average molecular weight is 485 g/mol. The Hall–Kier alpha value is -0.770. The highest BCUT2D eigenvalue weighted by Crippen LogP contribution is 2.34. The Morgan fingerprint density at radius 3 is 2.30 bits per heavy atom. The molecule has 9 heteroatoms. The first kappa shape index (κ1) is 15.6. The lowest BCUT2D eigenvalue weighted by molar-refractivity contribution is 0.0691. The van der Waals surface area contributed by atoms with E-state index in [1.54, 1.807) is 12.1 Å². The summed E-state index contributed by atoms with van der Waals surface area (Å²) < 4.78 is 2.21. The minimum absolute atomic E-state index is 0.0871. The van der Waals surface area contributed by atoms with Crippen molar-refractivity contribution >= 4 is 76.7 Å². The third kappa shape index (κ3) is 3.46. The molecule has 5 nitrogen and oxygen atoms in total. The van der Waals surface area contributed by atoms with Gasteiger partial charge in [-0.15, -0.1) is 11.3 Å². The molecule has 1 aromatic carbocycles. The molecule has 1 heterocycles. The molecule has 0 aliphatic carbocycles. The fourth-order valence-electron chi connectivity index (χ4n) is 1.30. The van der Waals surface area contributed by atoms with Crippen LogP contribution >= 0.6 is 59.1 Å². The fourth-order valence-corrected chi connectivity index (χ4v) is 4.45. The van der Waals surface area contributed by atoms with Crippen molar-refractivity contribution in [3.63, 3.8) is 0 Å². The van der Waals surface area contributed by atoms with Gasteiger partial charge in [0.1, 0.15) is 0 Å². The molecule has 0 atom stereocenters. The summed E-state index contributed by atoms with van der Waals surface area (Å²) in [4.78, 5) is 26.5. The zero-order valence-electron chi connectivity index (χ0n) is 9.49. The number of rotatable bonds is 3. The van der Waals surface area contributed by atoms with Crippen molar-refractivity contribution in [2.45, 2.75) is 0 Å². The Labute approximate surface area is 142 Å². The molecule has 0 aliphatic heterocycles. The second-order valence-corrected chi connectivity index (χ2v) is 7.02. The van der Waals surface area contributed by atoms with Crippen LogP contribution in [0, 0.1) is 0 Å². The minimum atomic E-state index is -1.16. The van der Waals surface area contributed by atoms with Crippen molar-refractivity contribution < 1.29 is 14.7 Å². The quantitative estimate of drug-likeness (QED) is 0.677. The summed E-state index contributed by atoms with van der Waals surface area (Å²) in [6.45, 7) is 0. The van der Waals surface area contributed by atoms with Gasteiger partial charge in [0.15, 0.2) is 10.7 Å². The molecule has 0 fully saturated rings. The van der Waals surface area contributed by atoms with Crippen molar-refractivity contribution in [2.24, 2.45) is 0 Å². The third-order valence-electron chi connectivity index (χ3n) is 2.16. The second kappa shape index (κ2) is 6.33. The summed E-state index contributed by atoms with van der Waals surface area (Å²) in [5, 5.41) is 12.9. The molecule has 0 saturated carbocycles. The molecule has 2 aromatic rings. The van der Waals surface area contributed by atoms with Gasteiger partial charge in [-0.1, -0.05) is 15.9 Å². The Morgan fingerprint density at radius 1 is 1.20 bits per heavy atom. The zero-order valence-corrected chi connectivity index (χ0v) is 15.1. The molecule has 2 N–H and O–H groups in total. The highest BCUT2D eigenvalue weighted by atomic mass is 79.9. The SMILES string of the molecule is O=C(O)c1csc(C(=O)Nc2c(Br)cc(Br)cc2Br)n1. The number of carboxylic acids is 1. The van der Waals surface area contributed by atoms with E-state index in [0.717, 1.165) is 15.8 Å². The lowest BCUT2D eigenvalue weighted by Gasteiger charge is -2.09. The molecule has 0 unspecified atom stereocenters. The first-order valence-electron chi connectivity index (χ1n) is 5.03. The van der Waals surface area contributed by atoms with Crippen LogP contribution in [0.2, 0.25) is 0 Å². The summed E-state index contributed by atoms with van der Waals surface area (Å²) >= 11 is 11.0. The van der Waals surface area contributed by atoms with Crippen molar-refractivity contribution in [3.8, 4) is 0 Å². The summed E-state index contributed by atoms with van der Waals surface area (Å²) in [6, 6.07) is 3.57. The maximum Gasteiger partial charge on any atom is 0.355 e. The molecule has 2 rings (SSSR count). The number of hydrogen-bond acceptors (Lipinski definition) is 4. The summed E-state index contributed by atoms with van der Waals surface area (Å²) in [6.07, 6.45) is 0. The van der Waals surface area contributed by atoms with Crippen molar-refractivity contribution in [3.05, 3.63) is 41.6 Å². The Bertz CT molecular complexity index is 679. The van der Waals surface area contributed by atoms with Crippen LogP contribution in [0.3, 0.4) is 0 Å².